The lowest BCUT2D eigenvalue weighted by Gasteiger charge is -2.36. The van der Waals surface area contributed by atoms with Gasteiger partial charge in [-0.3, -0.25) is 0 Å². The predicted molar refractivity (Wildman–Crippen MR) is 197 cm³/mol. The van der Waals surface area contributed by atoms with E-state index < -0.39 is 5.60 Å². The third-order valence-electron chi connectivity index (χ3n) is 8.97. The van der Waals surface area contributed by atoms with Gasteiger partial charge in [-0.15, -0.1) is 0 Å². The fourth-order valence-electron chi connectivity index (χ4n) is 6.32. The first-order valence-electron chi connectivity index (χ1n) is 18.9. The minimum Gasteiger partial charge on any atom is -0.379 e. The molecule has 0 aliphatic heterocycles. The van der Waals surface area contributed by atoms with Gasteiger partial charge in [-0.05, 0) is 23.1 Å². The van der Waals surface area contributed by atoms with Crippen LogP contribution in [0.4, 0.5) is 0 Å². The van der Waals surface area contributed by atoms with Gasteiger partial charge in [0.2, 0.25) is 0 Å². The van der Waals surface area contributed by atoms with Crippen LogP contribution in [0, 0.1) is 0 Å². The van der Waals surface area contributed by atoms with Crippen LogP contribution in [0.3, 0.4) is 0 Å². The molecule has 3 rings (SSSR count). The smallest absolute Gasteiger partial charge is 0.143 e. The van der Waals surface area contributed by atoms with Crippen LogP contribution in [-0.4, -0.2) is 46.2 Å². The van der Waals surface area contributed by atoms with E-state index in [1.165, 1.54) is 96.3 Å². The number of unbranched alkanes of at least 4 members (excludes halogenated alkanes) is 15. The Morgan fingerprint density at radius 2 is 0.638 bits per heavy atom. The van der Waals surface area contributed by atoms with E-state index in [2.05, 4.69) is 79.7 Å². The summed E-state index contributed by atoms with van der Waals surface area (Å²) in [5.41, 5.74) is 2.58. The molecule has 0 saturated heterocycles. The fraction of sp³-hybridized carbons (Fsp3) is 0.581. The second kappa shape index (κ2) is 26.5. The Bertz CT molecular complexity index is 992. The maximum absolute atomic E-state index is 6.75. The highest BCUT2D eigenvalue weighted by atomic mass is 16.6. The molecular formula is C43H64O4. The lowest BCUT2D eigenvalue weighted by molar-refractivity contribution is -0.0369. The molecule has 4 heteroatoms. The van der Waals surface area contributed by atoms with E-state index in [0.29, 0.717) is 39.6 Å². The van der Waals surface area contributed by atoms with Crippen molar-refractivity contribution in [2.45, 2.75) is 115 Å². The summed E-state index contributed by atoms with van der Waals surface area (Å²) in [6.07, 6.45) is 22.2. The molecule has 0 N–H and O–H groups in total. The predicted octanol–water partition coefficient (Wildman–Crippen LogP) is 11.3. The summed E-state index contributed by atoms with van der Waals surface area (Å²) in [7, 11) is 0. The summed E-state index contributed by atoms with van der Waals surface area (Å²) in [5, 5.41) is 0. The van der Waals surface area contributed by atoms with Crippen molar-refractivity contribution < 1.29 is 18.9 Å². The van der Waals surface area contributed by atoms with Crippen molar-refractivity contribution >= 4 is 0 Å². The molecule has 0 aliphatic carbocycles. The van der Waals surface area contributed by atoms with Crippen molar-refractivity contribution in [3.63, 3.8) is 0 Å². The summed E-state index contributed by atoms with van der Waals surface area (Å²) in [6, 6.07) is 31.3. The third-order valence-corrected chi connectivity index (χ3v) is 8.97. The lowest BCUT2D eigenvalue weighted by atomic mass is 9.80. The zero-order valence-corrected chi connectivity index (χ0v) is 29.6. The van der Waals surface area contributed by atoms with Gasteiger partial charge in [-0.2, -0.15) is 0 Å². The summed E-state index contributed by atoms with van der Waals surface area (Å²) in [5.74, 6) is 0. The van der Waals surface area contributed by atoms with Crippen LogP contribution in [-0.2, 0) is 24.5 Å². The molecule has 0 heterocycles. The molecule has 0 amide bonds. The maximum Gasteiger partial charge on any atom is 0.143 e. The second-order valence-corrected chi connectivity index (χ2v) is 12.8. The quantitative estimate of drug-likeness (QED) is 0.0534. The lowest BCUT2D eigenvalue weighted by Crippen LogP contribution is -2.34. The topological polar surface area (TPSA) is 36.9 Å². The molecule has 0 spiro atoms. The third kappa shape index (κ3) is 16.0. The first-order valence-corrected chi connectivity index (χ1v) is 18.9. The summed E-state index contributed by atoms with van der Waals surface area (Å²) in [6.45, 7) is 6.44. The van der Waals surface area contributed by atoms with Crippen LogP contribution in [0.5, 0.6) is 0 Å². The maximum atomic E-state index is 6.75. The highest BCUT2D eigenvalue weighted by molar-refractivity contribution is 5.47. The molecule has 47 heavy (non-hydrogen) atoms. The Kier molecular flexibility index (Phi) is 21.9. The molecule has 3 aromatic carbocycles. The van der Waals surface area contributed by atoms with Crippen LogP contribution in [0.1, 0.15) is 126 Å². The summed E-state index contributed by atoms with van der Waals surface area (Å²) >= 11 is 0. The summed E-state index contributed by atoms with van der Waals surface area (Å²) < 4.78 is 24.2. The second-order valence-electron chi connectivity index (χ2n) is 12.8. The van der Waals surface area contributed by atoms with Crippen molar-refractivity contribution in [1.82, 2.24) is 0 Å². The van der Waals surface area contributed by atoms with E-state index in [4.69, 9.17) is 18.9 Å². The van der Waals surface area contributed by atoms with Crippen LogP contribution in [0.25, 0.3) is 0 Å². The van der Waals surface area contributed by atoms with Crippen molar-refractivity contribution in [3.8, 4) is 0 Å². The number of hydrogen-bond acceptors (Lipinski definition) is 4. The van der Waals surface area contributed by atoms with Crippen molar-refractivity contribution in [2.24, 2.45) is 0 Å². The van der Waals surface area contributed by atoms with E-state index in [9.17, 15) is 0 Å². The SMILES string of the molecule is CCCCCCCCCCCCCCCCCCOCCOCCOCCOC(c1ccccc1)(c1ccccc1)c1ccccc1. The van der Waals surface area contributed by atoms with Gasteiger partial charge < -0.3 is 18.9 Å². The summed E-state index contributed by atoms with van der Waals surface area (Å²) in [4.78, 5) is 0. The average Bonchev–Trinajstić information content (AvgIpc) is 3.12. The van der Waals surface area contributed by atoms with Crippen LogP contribution in [0.2, 0.25) is 0 Å². The molecule has 0 unspecified atom stereocenters. The zero-order valence-electron chi connectivity index (χ0n) is 29.6. The van der Waals surface area contributed by atoms with E-state index in [1.807, 2.05) is 18.2 Å². The number of benzene rings is 3. The molecule has 4 nitrogen and oxygen atoms in total. The highest BCUT2D eigenvalue weighted by Crippen LogP contribution is 2.40. The van der Waals surface area contributed by atoms with Gasteiger partial charge in [0, 0.05) is 6.61 Å². The molecule has 3 aromatic rings. The monoisotopic (exact) mass is 644 g/mol. The van der Waals surface area contributed by atoms with Crippen LogP contribution in [0.15, 0.2) is 91.0 Å². The van der Waals surface area contributed by atoms with E-state index in [1.54, 1.807) is 0 Å². The molecule has 0 aliphatic rings. The van der Waals surface area contributed by atoms with E-state index in [-0.39, 0.29) is 0 Å². The Morgan fingerprint density at radius 3 is 1.00 bits per heavy atom. The first-order chi connectivity index (χ1) is 23.4. The standard InChI is InChI=1S/C43H64O4/c1-2-3-4-5-6-7-8-9-10-11-12-13-14-15-16-26-33-44-34-35-45-36-37-46-38-39-47-43(40-27-20-17-21-28-40,41-29-22-18-23-30-41)42-31-24-19-25-32-42/h17-25,27-32H,2-16,26,33-39H2,1H3. The van der Waals surface area contributed by atoms with Gasteiger partial charge in [-0.25, -0.2) is 0 Å². The van der Waals surface area contributed by atoms with Crippen molar-refractivity contribution in [1.29, 1.82) is 0 Å². The molecule has 0 atom stereocenters. The number of rotatable bonds is 30. The normalized spacial score (nSPS) is 11.7. The molecule has 0 fully saturated rings. The van der Waals surface area contributed by atoms with Gasteiger partial charge in [-0.1, -0.05) is 194 Å². The van der Waals surface area contributed by atoms with E-state index in [0.717, 1.165) is 29.7 Å². The number of hydrogen-bond donors (Lipinski definition) is 0. The first kappa shape index (κ1) is 38.9. The Morgan fingerprint density at radius 1 is 0.340 bits per heavy atom. The molecule has 0 radical (unpaired) electrons. The van der Waals surface area contributed by atoms with Gasteiger partial charge in [0.25, 0.3) is 0 Å². The van der Waals surface area contributed by atoms with Crippen LogP contribution < -0.4 is 0 Å². The molecule has 260 valence electrons. The minimum atomic E-state index is -0.715. The van der Waals surface area contributed by atoms with E-state index >= 15 is 0 Å². The van der Waals surface area contributed by atoms with Crippen molar-refractivity contribution in [2.75, 3.05) is 46.2 Å². The Hall–Kier alpha value is -2.50. The van der Waals surface area contributed by atoms with Crippen LogP contribution >= 0.6 is 0 Å². The fourth-order valence-corrected chi connectivity index (χ4v) is 6.32. The minimum absolute atomic E-state index is 0.459. The molecule has 0 saturated carbocycles. The van der Waals surface area contributed by atoms with Gasteiger partial charge >= 0.3 is 0 Å². The Labute approximate surface area is 287 Å². The Balaban J connectivity index is 1.16. The molecule has 0 aromatic heterocycles. The van der Waals surface area contributed by atoms with Crippen molar-refractivity contribution in [3.05, 3.63) is 108 Å². The average molecular weight is 645 g/mol. The van der Waals surface area contributed by atoms with Gasteiger partial charge in [0.05, 0.1) is 39.6 Å². The number of ether oxygens (including phenoxy) is 4. The van der Waals surface area contributed by atoms with Gasteiger partial charge in [0.1, 0.15) is 5.60 Å². The largest absolute Gasteiger partial charge is 0.379 e. The van der Waals surface area contributed by atoms with Gasteiger partial charge in [0.15, 0.2) is 0 Å². The zero-order chi connectivity index (χ0) is 32.9. The molecular weight excluding hydrogens is 580 g/mol. The molecule has 0 bridgehead atoms. The highest BCUT2D eigenvalue weighted by Gasteiger charge is 2.37.